The molecular formula is C26H23BrClNO2. The molecule has 1 heterocycles. The Kier molecular flexibility index (Phi) is 8.51. The van der Waals surface area contributed by atoms with Crippen LogP contribution in [0.2, 0.25) is 5.02 Å². The van der Waals surface area contributed by atoms with Crippen molar-refractivity contribution in [1.29, 1.82) is 0 Å². The van der Waals surface area contributed by atoms with E-state index in [4.69, 9.17) is 21.1 Å². The molecule has 0 saturated carbocycles. The second-order valence-corrected chi connectivity index (χ2v) is 7.36. The van der Waals surface area contributed by atoms with Crippen LogP contribution in [0.15, 0.2) is 103 Å². The third-order valence-electron chi connectivity index (χ3n) is 4.70. The number of ether oxygens (including phenoxy) is 2. The van der Waals surface area contributed by atoms with Crippen LogP contribution in [0.4, 0.5) is 0 Å². The zero-order valence-corrected chi connectivity index (χ0v) is 19.3. The van der Waals surface area contributed by atoms with E-state index in [1.807, 2.05) is 54.6 Å². The molecule has 0 amide bonds. The van der Waals surface area contributed by atoms with Crippen LogP contribution in [0, 0.1) is 0 Å². The van der Waals surface area contributed by atoms with Crippen LogP contribution in [0.3, 0.4) is 0 Å². The van der Waals surface area contributed by atoms with Crippen molar-refractivity contribution in [1.82, 2.24) is 0 Å². The number of halogens is 2. The Morgan fingerprint density at radius 2 is 1.19 bits per heavy atom. The number of aromatic nitrogens is 1. The van der Waals surface area contributed by atoms with E-state index in [2.05, 4.69) is 53.4 Å². The summed E-state index contributed by atoms with van der Waals surface area (Å²) >= 11 is 5.89. The van der Waals surface area contributed by atoms with Gasteiger partial charge >= 0.3 is 0 Å². The van der Waals surface area contributed by atoms with E-state index in [-0.39, 0.29) is 17.0 Å². The van der Waals surface area contributed by atoms with E-state index < -0.39 is 0 Å². The van der Waals surface area contributed by atoms with Gasteiger partial charge in [0.25, 0.3) is 0 Å². The van der Waals surface area contributed by atoms with Gasteiger partial charge in [-0.3, -0.25) is 0 Å². The molecule has 0 saturated heterocycles. The predicted octanol–water partition coefficient (Wildman–Crippen LogP) is 3.56. The van der Waals surface area contributed by atoms with Crippen molar-refractivity contribution in [3.63, 3.8) is 0 Å². The molecule has 3 nitrogen and oxygen atoms in total. The molecule has 31 heavy (non-hydrogen) atoms. The minimum atomic E-state index is 0. The highest BCUT2D eigenvalue weighted by molar-refractivity contribution is 6.30. The van der Waals surface area contributed by atoms with Crippen LogP contribution >= 0.6 is 11.6 Å². The van der Waals surface area contributed by atoms with E-state index in [0.29, 0.717) is 11.6 Å². The van der Waals surface area contributed by atoms with Crippen molar-refractivity contribution in [2.75, 3.05) is 6.61 Å². The molecule has 0 aliphatic heterocycles. The number of benzene rings is 3. The van der Waals surface area contributed by atoms with Crippen LogP contribution in [0.1, 0.15) is 6.42 Å². The highest BCUT2D eigenvalue weighted by atomic mass is 79.9. The fourth-order valence-electron chi connectivity index (χ4n) is 3.11. The first-order valence-electron chi connectivity index (χ1n) is 9.97. The number of hydrogen-bond acceptors (Lipinski definition) is 2. The molecule has 0 spiro atoms. The summed E-state index contributed by atoms with van der Waals surface area (Å²) in [7, 11) is 0. The molecule has 5 heteroatoms. The van der Waals surface area contributed by atoms with Gasteiger partial charge in [-0.05, 0) is 59.7 Å². The van der Waals surface area contributed by atoms with Crippen molar-refractivity contribution in [3.05, 3.63) is 108 Å². The number of rotatable bonds is 8. The minimum absolute atomic E-state index is 0. The predicted molar refractivity (Wildman–Crippen MR) is 120 cm³/mol. The summed E-state index contributed by atoms with van der Waals surface area (Å²) in [6, 6.07) is 29.7. The molecule has 0 bridgehead atoms. The molecule has 0 N–H and O–H groups in total. The smallest absolute Gasteiger partial charge is 0.169 e. The van der Waals surface area contributed by atoms with Gasteiger partial charge < -0.3 is 26.5 Å². The van der Waals surface area contributed by atoms with Crippen LogP contribution in [0.25, 0.3) is 11.1 Å². The summed E-state index contributed by atoms with van der Waals surface area (Å²) in [5.74, 6) is 2.35. The zero-order valence-electron chi connectivity index (χ0n) is 17.0. The lowest BCUT2D eigenvalue weighted by Gasteiger charge is -2.08. The van der Waals surface area contributed by atoms with Gasteiger partial charge in [-0.2, -0.15) is 0 Å². The summed E-state index contributed by atoms with van der Waals surface area (Å²) in [6.45, 7) is 1.57. The maximum absolute atomic E-state index is 5.89. The first-order valence-corrected chi connectivity index (χ1v) is 10.3. The Hall–Kier alpha value is -2.82. The van der Waals surface area contributed by atoms with E-state index in [1.54, 1.807) is 0 Å². The first kappa shape index (κ1) is 22.9. The van der Waals surface area contributed by atoms with Crippen LogP contribution in [0.5, 0.6) is 17.2 Å². The van der Waals surface area contributed by atoms with Gasteiger partial charge in [0.2, 0.25) is 0 Å². The lowest BCUT2D eigenvalue weighted by molar-refractivity contribution is -0.697. The summed E-state index contributed by atoms with van der Waals surface area (Å²) in [5.41, 5.74) is 2.46. The molecule has 0 radical (unpaired) electrons. The van der Waals surface area contributed by atoms with E-state index in [1.165, 1.54) is 11.1 Å². The van der Waals surface area contributed by atoms with Crippen molar-refractivity contribution < 1.29 is 31.0 Å². The number of hydrogen-bond donors (Lipinski definition) is 0. The topological polar surface area (TPSA) is 22.3 Å². The maximum atomic E-state index is 5.89. The molecule has 0 aliphatic carbocycles. The van der Waals surface area contributed by atoms with Crippen LogP contribution in [-0.4, -0.2) is 6.61 Å². The van der Waals surface area contributed by atoms with Crippen molar-refractivity contribution in [3.8, 4) is 28.4 Å². The summed E-state index contributed by atoms with van der Waals surface area (Å²) in [6.07, 6.45) is 5.16. The summed E-state index contributed by atoms with van der Waals surface area (Å²) < 4.78 is 13.8. The molecule has 0 atom stereocenters. The van der Waals surface area contributed by atoms with Gasteiger partial charge in [0.05, 0.1) is 6.61 Å². The second kappa shape index (κ2) is 11.5. The molecule has 158 valence electrons. The average Bonchev–Trinajstić information content (AvgIpc) is 2.80. The first-order chi connectivity index (χ1) is 14.8. The van der Waals surface area contributed by atoms with E-state index in [0.717, 1.165) is 30.2 Å². The van der Waals surface area contributed by atoms with Crippen LogP contribution in [-0.2, 0) is 6.54 Å². The standard InChI is InChI=1S/C26H23ClNO2.BrH/c27-23-7-9-25(10-8-23)30-26-13-11-24(12-14-26)29-20-4-17-28-18-15-22(16-19-28)21-5-2-1-3-6-21;/h1-3,5-16,18-19H,4,17,20H2;1H/q+1;/p-1. The second-order valence-electron chi connectivity index (χ2n) is 6.92. The molecule has 3 aromatic carbocycles. The lowest BCUT2D eigenvalue weighted by Crippen LogP contribution is -3.00. The van der Waals surface area contributed by atoms with Gasteiger partial charge in [-0.1, -0.05) is 41.9 Å². The SMILES string of the molecule is Clc1ccc(Oc2ccc(OCCC[n+]3ccc(-c4ccccc4)cc3)cc2)cc1.[Br-]. The Morgan fingerprint density at radius 3 is 1.84 bits per heavy atom. The van der Waals surface area contributed by atoms with Gasteiger partial charge in [0.15, 0.2) is 18.9 Å². The Labute approximate surface area is 198 Å². The molecule has 0 fully saturated rings. The van der Waals surface area contributed by atoms with Gasteiger partial charge in [0, 0.05) is 23.6 Å². The van der Waals surface area contributed by atoms with Crippen molar-refractivity contribution in [2.24, 2.45) is 0 Å². The Bertz CT molecular complexity index is 1050. The fourth-order valence-corrected chi connectivity index (χ4v) is 3.24. The van der Waals surface area contributed by atoms with Crippen LogP contribution < -0.4 is 31.0 Å². The number of pyridine rings is 1. The summed E-state index contributed by atoms with van der Waals surface area (Å²) in [5, 5.41) is 0.691. The Balaban J connectivity index is 0.00000272. The van der Waals surface area contributed by atoms with Crippen molar-refractivity contribution >= 4 is 11.6 Å². The minimum Gasteiger partial charge on any atom is -1.00 e. The average molecular weight is 497 g/mol. The maximum Gasteiger partial charge on any atom is 0.169 e. The highest BCUT2D eigenvalue weighted by Gasteiger charge is 2.04. The normalized spacial score (nSPS) is 10.2. The summed E-state index contributed by atoms with van der Waals surface area (Å²) in [4.78, 5) is 0. The molecule has 0 aliphatic rings. The zero-order chi connectivity index (χ0) is 20.6. The largest absolute Gasteiger partial charge is 1.00 e. The van der Waals surface area contributed by atoms with Gasteiger partial charge in [-0.25, -0.2) is 4.57 Å². The monoisotopic (exact) mass is 495 g/mol. The number of aryl methyl sites for hydroxylation is 1. The van der Waals surface area contributed by atoms with Gasteiger partial charge in [-0.15, -0.1) is 0 Å². The third-order valence-corrected chi connectivity index (χ3v) is 4.95. The molecular weight excluding hydrogens is 474 g/mol. The van der Waals surface area contributed by atoms with E-state index in [9.17, 15) is 0 Å². The highest BCUT2D eigenvalue weighted by Crippen LogP contribution is 2.25. The molecule has 1 aromatic heterocycles. The molecule has 0 unspecified atom stereocenters. The number of nitrogens with zero attached hydrogens (tertiary/aromatic N) is 1. The quantitative estimate of drug-likeness (QED) is 0.275. The van der Waals surface area contributed by atoms with E-state index >= 15 is 0 Å². The Morgan fingerprint density at radius 1 is 0.645 bits per heavy atom. The molecule has 4 aromatic rings. The van der Waals surface area contributed by atoms with Gasteiger partial charge in [0.1, 0.15) is 17.2 Å². The molecule has 4 rings (SSSR count). The third kappa shape index (κ3) is 6.84. The fraction of sp³-hybridized carbons (Fsp3) is 0.115. The van der Waals surface area contributed by atoms with Crippen molar-refractivity contribution in [2.45, 2.75) is 13.0 Å². The lowest BCUT2D eigenvalue weighted by atomic mass is 10.1.